The van der Waals surface area contributed by atoms with Gasteiger partial charge in [0.25, 0.3) is 10.0 Å². The SMILES string of the molecule is O=C(NCC1CN(S(=O)(=O)c2cccc(C(F)(F)F)c2)c2cc(-c3cc(F)ccc3F)ccc2O1)N1CCOCC1. The summed E-state index contributed by atoms with van der Waals surface area (Å²) in [5.41, 5.74) is -1.27. The number of hydrogen-bond acceptors (Lipinski definition) is 5. The van der Waals surface area contributed by atoms with E-state index < -0.39 is 50.4 Å². The Bertz CT molecular complexity index is 1560. The summed E-state index contributed by atoms with van der Waals surface area (Å²) < 4.78 is 108. The van der Waals surface area contributed by atoms with Crippen molar-refractivity contribution >= 4 is 21.7 Å². The van der Waals surface area contributed by atoms with Crippen LogP contribution in [0, 0.1) is 11.6 Å². The number of benzene rings is 3. The number of halogens is 5. The summed E-state index contributed by atoms with van der Waals surface area (Å²) in [6.45, 7) is 0.982. The molecule has 0 aromatic heterocycles. The smallest absolute Gasteiger partial charge is 0.416 e. The lowest BCUT2D eigenvalue weighted by Gasteiger charge is -2.36. The van der Waals surface area contributed by atoms with Crippen LogP contribution in [-0.2, 0) is 20.9 Å². The Balaban J connectivity index is 1.51. The van der Waals surface area contributed by atoms with Gasteiger partial charge in [0.2, 0.25) is 0 Å². The Hall–Kier alpha value is -3.91. The van der Waals surface area contributed by atoms with Crippen LogP contribution in [0.15, 0.2) is 65.6 Å². The molecule has 41 heavy (non-hydrogen) atoms. The van der Waals surface area contributed by atoms with Gasteiger partial charge in [-0.25, -0.2) is 22.0 Å². The first-order valence-electron chi connectivity index (χ1n) is 12.5. The predicted octanol–water partition coefficient (Wildman–Crippen LogP) is 4.65. The highest BCUT2D eigenvalue weighted by Crippen LogP contribution is 2.41. The minimum atomic E-state index is -4.79. The summed E-state index contributed by atoms with van der Waals surface area (Å²) in [5.74, 6) is -1.46. The summed E-state index contributed by atoms with van der Waals surface area (Å²) in [4.78, 5) is 13.5. The zero-order valence-corrected chi connectivity index (χ0v) is 22.1. The fourth-order valence-corrected chi connectivity index (χ4v) is 6.12. The van der Waals surface area contributed by atoms with E-state index in [0.29, 0.717) is 32.4 Å². The van der Waals surface area contributed by atoms with E-state index in [1.165, 1.54) is 23.1 Å². The van der Waals surface area contributed by atoms with Gasteiger partial charge >= 0.3 is 12.2 Å². The molecule has 218 valence electrons. The number of anilines is 1. The Kier molecular flexibility index (Phi) is 7.79. The maximum atomic E-state index is 14.5. The van der Waals surface area contributed by atoms with Crippen molar-refractivity contribution in [1.29, 1.82) is 0 Å². The van der Waals surface area contributed by atoms with E-state index in [1.807, 2.05) is 0 Å². The second kappa shape index (κ2) is 11.2. The van der Waals surface area contributed by atoms with Crippen molar-refractivity contribution in [3.05, 3.63) is 77.9 Å². The number of ether oxygens (including phenoxy) is 2. The highest BCUT2D eigenvalue weighted by Gasteiger charge is 2.37. The molecule has 0 aliphatic carbocycles. The van der Waals surface area contributed by atoms with Crippen molar-refractivity contribution in [2.75, 3.05) is 43.7 Å². The summed E-state index contributed by atoms with van der Waals surface area (Å²) in [6.07, 6.45) is -5.71. The number of hydrogen-bond donors (Lipinski definition) is 1. The van der Waals surface area contributed by atoms with Crippen LogP contribution in [0.2, 0.25) is 0 Å². The van der Waals surface area contributed by atoms with Gasteiger partial charge in [0.1, 0.15) is 23.5 Å². The normalized spacial score (nSPS) is 17.5. The molecule has 2 aliphatic heterocycles. The van der Waals surface area contributed by atoms with E-state index in [-0.39, 0.29) is 35.7 Å². The van der Waals surface area contributed by atoms with E-state index in [9.17, 15) is 35.2 Å². The van der Waals surface area contributed by atoms with E-state index >= 15 is 0 Å². The molecule has 2 aliphatic rings. The minimum absolute atomic E-state index is 0.0259. The maximum Gasteiger partial charge on any atom is 0.416 e. The van der Waals surface area contributed by atoms with Crippen LogP contribution in [0.3, 0.4) is 0 Å². The van der Waals surface area contributed by atoms with Crippen molar-refractivity contribution in [3.63, 3.8) is 0 Å². The second-order valence-electron chi connectivity index (χ2n) is 9.39. The predicted molar refractivity (Wildman–Crippen MR) is 138 cm³/mol. The molecule has 1 fully saturated rings. The Morgan fingerprint density at radius 2 is 1.76 bits per heavy atom. The average Bonchev–Trinajstić information content (AvgIpc) is 2.96. The highest BCUT2D eigenvalue weighted by molar-refractivity contribution is 7.92. The molecule has 2 amide bonds. The molecule has 1 saturated heterocycles. The first-order chi connectivity index (χ1) is 19.4. The Morgan fingerprint density at radius 1 is 1.00 bits per heavy atom. The number of fused-ring (bicyclic) bond motifs is 1. The lowest BCUT2D eigenvalue weighted by atomic mass is 10.0. The van der Waals surface area contributed by atoms with Crippen molar-refractivity contribution in [1.82, 2.24) is 10.2 Å². The highest BCUT2D eigenvalue weighted by atomic mass is 32.2. The van der Waals surface area contributed by atoms with E-state index in [0.717, 1.165) is 40.7 Å². The van der Waals surface area contributed by atoms with Gasteiger partial charge in [-0.2, -0.15) is 13.2 Å². The summed E-state index contributed by atoms with van der Waals surface area (Å²) in [7, 11) is -4.62. The standard InChI is InChI=1S/C27H24F5N3O5S/c28-19-5-6-23(29)22(14-19)17-4-7-25-24(12-17)35(41(37,38)21-3-1-2-18(13-21)27(30,31)32)16-20(40-25)15-33-26(36)34-8-10-39-11-9-34/h1-7,12-14,20H,8-11,15-16H2,(H,33,36). The molecule has 1 unspecified atom stereocenters. The van der Waals surface area contributed by atoms with Crippen LogP contribution in [0.1, 0.15) is 5.56 Å². The molecule has 0 bridgehead atoms. The Morgan fingerprint density at radius 3 is 2.49 bits per heavy atom. The van der Waals surface area contributed by atoms with E-state index in [1.54, 1.807) is 0 Å². The Labute approximate surface area is 232 Å². The summed E-state index contributed by atoms with van der Waals surface area (Å²) in [5, 5.41) is 2.69. The van der Waals surface area contributed by atoms with E-state index in [4.69, 9.17) is 9.47 Å². The number of nitrogens with zero attached hydrogens (tertiary/aromatic N) is 2. The zero-order valence-electron chi connectivity index (χ0n) is 21.3. The number of nitrogens with one attached hydrogen (secondary N) is 1. The first kappa shape index (κ1) is 28.6. The third-order valence-electron chi connectivity index (χ3n) is 6.66. The number of amides is 2. The molecule has 1 N–H and O–H groups in total. The van der Waals surface area contributed by atoms with Gasteiger partial charge in [-0.05, 0) is 54.1 Å². The lowest BCUT2D eigenvalue weighted by molar-refractivity contribution is -0.137. The molecule has 5 rings (SSSR count). The quantitative estimate of drug-likeness (QED) is 0.433. The topological polar surface area (TPSA) is 88.2 Å². The molecule has 2 heterocycles. The number of sulfonamides is 1. The number of urea groups is 1. The average molecular weight is 598 g/mol. The largest absolute Gasteiger partial charge is 0.484 e. The van der Waals surface area contributed by atoms with Gasteiger partial charge < -0.3 is 19.7 Å². The molecule has 14 heteroatoms. The van der Waals surface area contributed by atoms with Crippen molar-refractivity contribution < 1.29 is 44.6 Å². The molecule has 0 spiro atoms. The first-order valence-corrected chi connectivity index (χ1v) is 13.9. The monoisotopic (exact) mass is 597 g/mol. The van der Waals surface area contributed by atoms with Crippen LogP contribution in [0.5, 0.6) is 5.75 Å². The summed E-state index contributed by atoms with van der Waals surface area (Å²) in [6, 6.07) is 9.70. The third kappa shape index (κ3) is 6.07. The molecular formula is C27H24F5N3O5S. The molecular weight excluding hydrogens is 573 g/mol. The van der Waals surface area contributed by atoms with Crippen molar-refractivity contribution in [2.45, 2.75) is 17.2 Å². The van der Waals surface area contributed by atoms with Crippen LogP contribution in [0.25, 0.3) is 11.1 Å². The van der Waals surface area contributed by atoms with Gasteiger partial charge in [-0.15, -0.1) is 0 Å². The zero-order chi connectivity index (χ0) is 29.4. The minimum Gasteiger partial charge on any atom is -0.484 e. The summed E-state index contributed by atoms with van der Waals surface area (Å²) >= 11 is 0. The maximum absolute atomic E-state index is 14.5. The third-order valence-corrected chi connectivity index (χ3v) is 8.43. The van der Waals surface area contributed by atoms with Gasteiger partial charge in [0.15, 0.2) is 0 Å². The number of morpholine rings is 1. The molecule has 3 aromatic rings. The number of carbonyl (C=O) groups excluding carboxylic acids is 1. The second-order valence-corrected chi connectivity index (χ2v) is 11.3. The number of alkyl halides is 3. The van der Waals surface area contributed by atoms with Gasteiger partial charge in [0, 0.05) is 18.7 Å². The van der Waals surface area contributed by atoms with Crippen molar-refractivity contribution in [3.8, 4) is 16.9 Å². The fraction of sp³-hybridized carbons (Fsp3) is 0.296. The lowest BCUT2D eigenvalue weighted by Crippen LogP contribution is -2.52. The van der Waals surface area contributed by atoms with Crippen LogP contribution >= 0.6 is 0 Å². The van der Waals surface area contributed by atoms with Gasteiger partial charge in [-0.1, -0.05) is 12.1 Å². The molecule has 0 radical (unpaired) electrons. The molecule has 1 atom stereocenters. The molecule has 0 saturated carbocycles. The van der Waals surface area contributed by atoms with Gasteiger partial charge in [0.05, 0.1) is 42.4 Å². The van der Waals surface area contributed by atoms with Crippen molar-refractivity contribution in [2.24, 2.45) is 0 Å². The number of carbonyl (C=O) groups is 1. The van der Waals surface area contributed by atoms with Crippen LogP contribution < -0.4 is 14.4 Å². The number of rotatable bonds is 5. The van der Waals surface area contributed by atoms with Crippen LogP contribution in [0.4, 0.5) is 32.4 Å². The molecule has 8 nitrogen and oxygen atoms in total. The van der Waals surface area contributed by atoms with Gasteiger partial charge in [-0.3, -0.25) is 4.31 Å². The van der Waals surface area contributed by atoms with E-state index in [2.05, 4.69) is 5.32 Å². The fourth-order valence-electron chi connectivity index (χ4n) is 4.57. The van der Waals surface area contributed by atoms with Crippen LogP contribution in [-0.4, -0.2) is 64.8 Å². The molecule has 3 aromatic carbocycles.